The van der Waals surface area contributed by atoms with Gasteiger partial charge in [0.05, 0.1) is 5.69 Å². The van der Waals surface area contributed by atoms with E-state index in [9.17, 15) is 0 Å². The molecule has 0 fully saturated rings. The summed E-state index contributed by atoms with van der Waals surface area (Å²) in [6, 6.07) is 20.6. The smallest absolute Gasteiger partial charge is 0.153 e. The van der Waals surface area contributed by atoms with E-state index in [2.05, 4.69) is 49.0 Å². The van der Waals surface area contributed by atoms with E-state index in [-0.39, 0.29) is 0 Å². The van der Waals surface area contributed by atoms with Gasteiger partial charge in [0, 0.05) is 28.7 Å². The van der Waals surface area contributed by atoms with Crippen LogP contribution in [0.1, 0.15) is 29.7 Å². The van der Waals surface area contributed by atoms with Gasteiger partial charge in [0.15, 0.2) is 5.82 Å². The minimum atomic E-state index is 0.717. The molecule has 2 aromatic heterocycles. The quantitative estimate of drug-likeness (QED) is 0.447. The molecular weight excluding hydrogens is 384 g/mol. The fourth-order valence-corrected chi connectivity index (χ4v) is 3.90. The summed E-state index contributed by atoms with van der Waals surface area (Å²) >= 11 is 0. The van der Waals surface area contributed by atoms with Crippen LogP contribution in [0.2, 0.25) is 0 Å². The largest absolute Gasteiger partial charge is 0.340 e. The first-order valence-corrected chi connectivity index (χ1v) is 10.6. The van der Waals surface area contributed by atoms with Gasteiger partial charge in [0.2, 0.25) is 0 Å². The molecule has 2 aromatic carbocycles. The highest BCUT2D eigenvalue weighted by Gasteiger charge is 2.11. The molecule has 0 aliphatic heterocycles. The Morgan fingerprint density at radius 1 is 0.677 bits per heavy atom. The molecule has 4 aromatic rings. The molecule has 1 aliphatic rings. The number of fused-ring (bicyclic) bond motifs is 1. The second-order valence-electron chi connectivity index (χ2n) is 7.87. The van der Waals surface area contributed by atoms with Gasteiger partial charge in [-0.25, -0.2) is 9.97 Å². The molecule has 0 saturated heterocycles. The Balaban J connectivity index is 1.25. The maximum absolute atomic E-state index is 4.44. The number of rotatable bonds is 5. The molecule has 31 heavy (non-hydrogen) atoms. The van der Waals surface area contributed by atoms with E-state index < -0.39 is 0 Å². The lowest BCUT2D eigenvalue weighted by Crippen LogP contribution is -2.03. The number of anilines is 4. The second kappa shape index (κ2) is 8.52. The number of aryl methyl sites for hydroxylation is 3. The van der Waals surface area contributed by atoms with Crippen molar-refractivity contribution < 1.29 is 0 Å². The van der Waals surface area contributed by atoms with Crippen molar-refractivity contribution in [2.45, 2.75) is 32.6 Å². The molecule has 0 radical (unpaired) electrons. The van der Waals surface area contributed by atoms with E-state index in [1.165, 1.54) is 30.4 Å². The minimum absolute atomic E-state index is 0.717. The Kier molecular flexibility index (Phi) is 5.27. The van der Waals surface area contributed by atoms with Crippen LogP contribution in [-0.2, 0) is 12.8 Å². The van der Waals surface area contributed by atoms with Crippen LogP contribution in [0.5, 0.6) is 0 Å². The SMILES string of the molecule is Cc1cc(Nc2ccc(Nc3ccc(-c4ccc5c(c4)CCCC5)nn3)cc2)ncn1. The van der Waals surface area contributed by atoms with Gasteiger partial charge < -0.3 is 10.6 Å². The van der Waals surface area contributed by atoms with Crippen LogP contribution in [0.3, 0.4) is 0 Å². The van der Waals surface area contributed by atoms with Crippen LogP contribution in [-0.4, -0.2) is 20.2 Å². The molecule has 0 unspecified atom stereocenters. The maximum Gasteiger partial charge on any atom is 0.153 e. The molecule has 6 heteroatoms. The average Bonchev–Trinajstić information content (AvgIpc) is 2.81. The summed E-state index contributed by atoms with van der Waals surface area (Å²) in [6.07, 6.45) is 6.48. The molecule has 1 aliphatic carbocycles. The van der Waals surface area contributed by atoms with E-state index in [1.54, 1.807) is 6.33 Å². The van der Waals surface area contributed by atoms with Gasteiger partial charge in [-0.05, 0) is 86.2 Å². The molecule has 154 valence electrons. The van der Waals surface area contributed by atoms with Crippen molar-refractivity contribution in [1.29, 1.82) is 0 Å². The highest BCUT2D eigenvalue weighted by Crippen LogP contribution is 2.27. The van der Waals surface area contributed by atoms with Crippen molar-refractivity contribution in [2.24, 2.45) is 0 Å². The number of hydrogen-bond acceptors (Lipinski definition) is 6. The summed E-state index contributed by atoms with van der Waals surface area (Å²) in [7, 11) is 0. The van der Waals surface area contributed by atoms with Crippen LogP contribution >= 0.6 is 0 Å². The first-order valence-electron chi connectivity index (χ1n) is 10.6. The fraction of sp³-hybridized carbons (Fsp3) is 0.200. The normalized spacial score (nSPS) is 12.8. The van der Waals surface area contributed by atoms with Crippen LogP contribution in [0.25, 0.3) is 11.3 Å². The summed E-state index contributed by atoms with van der Waals surface area (Å²) in [6.45, 7) is 1.94. The predicted octanol–water partition coefficient (Wildman–Crippen LogP) is 5.61. The van der Waals surface area contributed by atoms with Crippen molar-refractivity contribution in [3.8, 4) is 11.3 Å². The van der Waals surface area contributed by atoms with Crippen molar-refractivity contribution in [3.05, 3.63) is 83.8 Å². The van der Waals surface area contributed by atoms with Crippen molar-refractivity contribution in [3.63, 3.8) is 0 Å². The van der Waals surface area contributed by atoms with Crippen LogP contribution in [0, 0.1) is 6.92 Å². The molecule has 2 heterocycles. The molecular formula is C25H24N6. The minimum Gasteiger partial charge on any atom is -0.340 e. The van der Waals surface area contributed by atoms with Gasteiger partial charge >= 0.3 is 0 Å². The third-order valence-corrected chi connectivity index (χ3v) is 5.54. The molecule has 0 saturated carbocycles. The van der Waals surface area contributed by atoms with E-state index in [0.29, 0.717) is 5.82 Å². The van der Waals surface area contributed by atoms with Gasteiger partial charge in [-0.1, -0.05) is 12.1 Å². The van der Waals surface area contributed by atoms with E-state index in [4.69, 9.17) is 0 Å². The monoisotopic (exact) mass is 408 g/mol. The predicted molar refractivity (Wildman–Crippen MR) is 124 cm³/mol. The van der Waals surface area contributed by atoms with Gasteiger partial charge in [0.1, 0.15) is 12.1 Å². The Morgan fingerprint density at radius 2 is 1.42 bits per heavy atom. The number of aromatic nitrogens is 4. The Morgan fingerprint density at radius 3 is 2.13 bits per heavy atom. The fourth-order valence-electron chi connectivity index (χ4n) is 3.90. The van der Waals surface area contributed by atoms with E-state index in [1.807, 2.05) is 49.4 Å². The van der Waals surface area contributed by atoms with Gasteiger partial charge in [-0.2, -0.15) is 0 Å². The van der Waals surface area contributed by atoms with Gasteiger partial charge in [0.25, 0.3) is 0 Å². The average molecular weight is 409 g/mol. The highest BCUT2D eigenvalue weighted by atomic mass is 15.2. The lowest BCUT2D eigenvalue weighted by Gasteiger charge is -2.16. The van der Waals surface area contributed by atoms with Crippen molar-refractivity contribution >= 4 is 23.0 Å². The van der Waals surface area contributed by atoms with Crippen LogP contribution in [0.15, 0.2) is 67.0 Å². The third-order valence-electron chi connectivity index (χ3n) is 5.54. The zero-order valence-corrected chi connectivity index (χ0v) is 17.5. The Hall–Kier alpha value is -3.80. The molecule has 2 N–H and O–H groups in total. The first kappa shape index (κ1) is 19.2. The Bertz CT molecular complexity index is 1190. The second-order valence-corrected chi connectivity index (χ2v) is 7.87. The summed E-state index contributed by atoms with van der Waals surface area (Å²) in [5.41, 5.74) is 7.80. The molecule has 0 atom stereocenters. The lowest BCUT2D eigenvalue weighted by atomic mass is 9.90. The zero-order valence-electron chi connectivity index (χ0n) is 17.5. The summed E-state index contributed by atoms with van der Waals surface area (Å²) in [5, 5.41) is 15.4. The summed E-state index contributed by atoms with van der Waals surface area (Å²) in [5.74, 6) is 1.49. The van der Waals surface area contributed by atoms with E-state index in [0.717, 1.165) is 40.6 Å². The molecule has 0 spiro atoms. The summed E-state index contributed by atoms with van der Waals surface area (Å²) in [4.78, 5) is 8.34. The van der Waals surface area contributed by atoms with E-state index >= 15 is 0 Å². The number of hydrogen-bond donors (Lipinski definition) is 2. The maximum atomic E-state index is 4.44. The van der Waals surface area contributed by atoms with Gasteiger partial charge in [-0.3, -0.25) is 0 Å². The van der Waals surface area contributed by atoms with Crippen molar-refractivity contribution in [1.82, 2.24) is 20.2 Å². The standard InChI is InChI=1S/C25H24N6/c1-17-14-25(27-16-26-17)29-22-10-8-21(9-11-22)28-24-13-12-23(30-31-24)20-7-6-18-4-2-3-5-19(18)15-20/h6-16H,2-5H2,1H3,(H,28,31)(H,26,27,29). The van der Waals surface area contributed by atoms with Crippen LogP contribution < -0.4 is 10.6 Å². The molecule has 6 nitrogen and oxygen atoms in total. The zero-order chi connectivity index (χ0) is 21.0. The molecule has 0 bridgehead atoms. The van der Waals surface area contributed by atoms with Gasteiger partial charge in [-0.15, -0.1) is 10.2 Å². The van der Waals surface area contributed by atoms with Crippen LogP contribution in [0.4, 0.5) is 23.0 Å². The topological polar surface area (TPSA) is 75.6 Å². The third kappa shape index (κ3) is 4.53. The lowest BCUT2D eigenvalue weighted by molar-refractivity contribution is 0.686. The number of benzene rings is 2. The first-order chi connectivity index (χ1) is 15.2. The molecule has 5 rings (SSSR count). The number of nitrogens with one attached hydrogen (secondary N) is 2. The van der Waals surface area contributed by atoms with Crippen molar-refractivity contribution in [2.75, 3.05) is 10.6 Å². The Labute approximate surface area is 181 Å². The summed E-state index contributed by atoms with van der Waals surface area (Å²) < 4.78 is 0. The highest BCUT2D eigenvalue weighted by molar-refractivity contribution is 5.65. The number of nitrogens with zero attached hydrogens (tertiary/aromatic N) is 4. The molecule has 0 amide bonds.